The molecule has 7 heteroatoms. The summed E-state index contributed by atoms with van der Waals surface area (Å²) in [7, 11) is 0. The molecule has 31 heavy (non-hydrogen) atoms. The highest BCUT2D eigenvalue weighted by atomic mass is 35.5. The second-order valence-electron chi connectivity index (χ2n) is 6.72. The van der Waals surface area contributed by atoms with E-state index in [1.807, 2.05) is 25.1 Å². The third-order valence-corrected chi connectivity index (χ3v) is 5.56. The molecule has 0 saturated carbocycles. The van der Waals surface area contributed by atoms with Crippen LogP contribution in [0.2, 0.25) is 10.0 Å². The largest absolute Gasteiger partial charge is 0.494 e. The molecule has 2 amide bonds. The molecule has 0 spiro atoms. The van der Waals surface area contributed by atoms with Gasteiger partial charge in [0.1, 0.15) is 11.4 Å². The van der Waals surface area contributed by atoms with E-state index >= 15 is 0 Å². The minimum atomic E-state index is -0.512. The lowest BCUT2D eigenvalue weighted by Gasteiger charge is -2.17. The average molecular weight is 453 g/mol. The number of hydrogen-bond acceptors (Lipinski definition) is 4. The molecule has 1 aliphatic rings. The first kappa shape index (κ1) is 21.0. The van der Waals surface area contributed by atoms with E-state index in [2.05, 4.69) is 5.32 Å². The van der Waals surface area contributed by atoms with Gasteiger partial charge in [-0.25, -0.2) is 4.90 Å². The van der Waals surface area contributed by atoms with Crippen molar-refractivity contribution in [1.29, 1.82) is 0 Å². The van der Waals surface area contributed by atoms with E-state index in [0.717, 1.165) is 4.90 Å². The van der Waals surface area contributed by atoms with Crippen molar-refractivity contribution in [2.24, 2.45) is 0 Å². The number of imide groups is 1. The third kappa shape index (κ3) is 4.02. The van der Waals surface area contributed by atoms with Crippen molar-refractivity contribution in [3.63, 3.8) is 0 Å². The zero-order valence-electron chi connectivity index (χ0n) is 16.6. The Morgan fingerprint density at radius 2 is 1.58 bits per heavy atom. The number of anilines is 2. The minimum Gasteiger partial charge on any atom is -0.494 e. The zero-order chi connectivity index (χ0) is 22.0. The first-order chi connectivity index (χ1) is 15.0. The van der Waals surface area contributed by atoms with Crippen molar-refractivity contribution < 1.29 is 14.3 Å². The minimum absolute atomic E-state index is 0.139. The molecular formula is C24H18Cl2N2O3. The van der Waals surface area contributed by atoms with Crippen LogP contribution in [0.25, 0.3) is 5.57 Å². The predicted molar refractivity (Wildman–Crippen MR) is 124 cm³/mol. The molecule has 0 bridgehead atoms. The highest BCUT2D eigenvalue weighted by molar-refractivity contribution is 6.50. The van der Waals surface area contributed by atoms with Crippen molar-refractivity contribution in [3.05, 3.63) is 94.1 Å². The molecule has 0 radical (unpaired) electrons. The van der Waals surface area contributed by atoms with Crippen LogP contribution in [-0.4, -0.2) is 18.4 Å². The molecule has 0 aliphatic carbocycles. The average Bonchev–Trinajstić information content (AvgIpc) is 3.02. The van der Waals surface area contributed by atoms with Gasteiger partial charge in [0, 0.05) is 5.69 Å². The fraction of sp³-hybridized carbons (Fsp3) is 0.0833. The number of benzene rings is 3. The van der Waals surface area contributed by atoms with Crippen molar-refractivity contribution in [3.8, 4) is 5.75 Å². The Kier molecular flexibility index (Phi) is 5.98. The van der Waals surface area contributed by atoms with Gasteiger partial charge in [-0.1, -0.05) is 59.6 Å². The molecular weight excluding hydrogens is 435 g/mol. The Labute approximate surface area is 189 Å². The lowest BCUT2D eigenvalue weighted by molar-refractivity contribution is -0.120. The van der Waals surface area contributed by atoms with E-state index in [9.17, 15) is 9.59 Å². The number of nitrogens with one attached hydrogen (secondary N) is 1. The van der Waals surface area contributed by atoms with Gasteiger partial charge in [0.05, 0.1) is 27.9 Å². The fourth-order valence-electron chi connectivity index (χ4n) is 3.35. The van der Waals surface area contributed by atoms with E-state index in [-0.39, 0.29) is 27.0 Å². The molecule has 0 unspecified atom stereocenters. The third-order valence-electron chi connectivity index (χ3n) is 4.75. The fourth-order valence-corrected chi connectivity index (χ4v) is 3.73. The Balaban J connectivity index is 1.78. The number of rotatable bonds is 6. The molecule has 0 saturated heterocycles. The molecule has 1 aliphatic heterocycles. The van der Waals surface area contributed by atoms with Crippen LogP contribution in [0.5, 0.6) is 5.75 Å². The van der Waals surface area contributed by atoms with Crippen LogP contribution >= 0.6 is 23.2 Å². The van der Waals surface area contributed by atoms with Crippen molar-refractivity contribution >= 4 is 52.0 Å². The SMILES string of the molecule is CCOc1ccc(NC2=C(c3ccccc3)C(=O)N(c3cccc(Cl)c3Cl)C2=O)cc1. The number of amides is 2. The monoisotopic (exact) mass is 452 g/mol. The molecule has 1 N–H and O–H groups in total. The Morgan fingerprint density at radius 1 is 0.871 bits per heavy atom. The summed E-state index contributed by atoms with van der Waals surface area (Å²) < 4.78 is 5.46. The second-order valence-corrected chi connectivity index (χ2v) is 7.50. The summed E-state index contributed by atoms with van der Waals surface area (Å²) in [4.78, 5) is 27.9. The molecule has 0 atom stereocenters. The number of hydrogen-bond donors (Lipinski definition) is 1. The summed E-state index contributed by atoms with van der Waals surface area (Å²) in [6.07, 6.45) is 0. The summed E-state index contributed by atoms with van der Waals surface area (Å²) in [5.41, 5.74) is 1.93. The lowest BCUT2D eigenvalue weighted by atomic mass is 10.0. The molecule has 1 heterocycles. The number of ether oxygens (including phenoxy) is 1. The van der Waals surface area contributed by atoms with Crippen LogP contribution in [0, 0.1) is 0 Å². The summed E-state index contributed by atoms with van der Waals surface area (Å²) in [6, 6.07) is 21.0. The number of carbonyl (C=O) groups excluding carboxylic acids is 2. The van der Waals surface area contributed by atoms with Gasteiger partial charge < -0.3 is 10.1 Å². The maximum atomic E-state index is 13.4. The smallest absolute Gasteiger partial charge is 0.282 e. The molecule has 5 nitrogen and oxygen atoms in total. The summed E-state index contributed by atoms with van der Waals surface area (Å²) >= 11 is 12.4. The van der Waals surface area contributed by atoms with Crippen LogP contribution < -0.4 is 15.0 Å². The van der Waals surface area contributed by atoms with E-state index in [4.69, 9.17) is 27.9 Å². The zero-order valence-corrected chi connectivity index (χ0v) is 18.1. The molecule has 156 valence electrons. The maximum Gasteiger partial charge on any atom is 0.282 e. The summed E-state index contributed by atoms with van der Waals surface area (Å²) in [5.74, 6) is -0.276. The predicted octanol–water partition coefficient (Wildman–Crippen LogP) is 5.79. The quantitative estimate of drug-likeness (QED) is 0.480. The van der Waals surface area contributed by atoms with E-state index in [0.29, 0.717) is 23.6 Å². The van der Waals surface area contributed by atoms with Crippen LogP contribution in [0.15, 0.2) is 78.5 Å². The second kappa shape index (κ2) is 8.84. The van der Waals surface area contributed by atoms with Gasteiger partial charge in [-0.2, -0.15) is 0 Å². The van der Waals surface area contributed by atoms with E-state index < -0.39 is 11.8 Å². The number of halogens is 2. The first-order valence-corrected chi connectivity index (χ1v) is 10.4. The normalized spacial score (nSPS) is 13.7. The highest BCUT2D eigenvalue weighted by Gasteiger charge is 2.41. The molecule has 0 fully saturated rings. The summed E-state index contributed by atoms with van der Waals surface area (Å²) in [6.45, 7) is 2.46. The highest BCUT2D eigenvalue weighted by Crippen LogP contribution is 2.39. The van der Waals surface area contributed by atoms with Gasteiger partial charge >= 0.3 is 0 Å². The van der Waals surface area contributed by atoms with Crippen molar-refractivity contribution in [2.45, 2.75) is 6.92 Å². The van der Waals surface area contributed by atoms with E-state index in [1.54, 1.807) is 54.6 Å². The Morgan fingerprint density at radius 3 is 2.26 bits per heavy atom. The molecule has 4 rings (SSSR count). The standard InChI is InChI=1S/C24H18Cl2N2O3/c1-2-31-17-13-11-16(12-14-17)27-22-20(15-7-4-3-5-8-15)23(29)28(24(22)30)19-10-6-9-18(25)21(19)26/h3-14,27H,2H2,1H3. The maximum absolute atomic E-state index is 13.4. The van der Waals surface area contributed by atoms with Crippen molar-refractivity contribution in [1.82, 2.24) is 0 Å². The number of carbonyl (C=O) groups is 2. The van der Waals surface area contributed by atoms with Crippen molar-refractivity contribution in [2.75, 3.05) is 16.8 Å². The van der Waals surface area contributed by atoms with E-state index in [1.165, 1.54) is 0 Å². The first-order valence-electron chi connectivity index (χ1n) is 9.63. The number of nitrogens with zero attached hydrogens (tertiary/aromatic N) is 1. The topological polar surface area (TPSA) is 58.6 Å². The Bertz CT molecular complexity index is 1180. The van der Waals surface area contributed by atoms with Crippen LogP contribution in [0.4, 0.5) is 11.4 Å². The summed E-state index contributed by atoms with van der Waals surface area (Å²) in [5, 5.41) is 3.51. The van der Waals surface area contributed by atoms with Gasteiger partial charge in [-0.15, -0.1) is 0 Å². The van der Waals surface area contributed by atoms with Gasteiger partial charge in [-0.3, -0.25) is 9.59 Å². The van der Waals surface area contributed by atoms with Crippen LogP contribution in [-0.2, 0) is 9.59 Å². The van der Waals surface area contributed by atoms with Crippen LogP contribution in [0.3, 0.4) is 0 Å². The molecule has 3 aromatic rings. The van der Waals surface area contributed by atoms with Gasteiger partial charge in [-0.05, 0) is 48.9 Å². The van der Waals surface area contributed by atoms with Gasteiger partial charge in [0.2, 0.25) is 0 Å². The molecule has 0 aromatic heterocycles. The van der Waals surface area contributed by atoms with Crippen LogP contribution in [0.1, 0.15) is 12.5 Å². The molecule has 3 aromatic carbocycles. The van der Waals surface area contributed by atoms with Gasteiger partial charge in [0.25, 0.3) is 11.8 Å². The Hall–Kier alpha value is -3.28. The lowest BCUT2D eigenvalue weighted by Crippen LogP contribution is -2.32. The van der Waals surface area contributed by atoms with Gasteiger partial charge in [0.15, 0.2) is 0 Å².